The highest BCUT2D eigenvalue weighted by atomic mass is 15.2. The molecule has 1 aliphatic rings. The number of piperidine rings is 1. The molecule has 0 spiro atoms. The van der Waals surface area contributed by atoms with E-state index in [1.165, 1.54) is 43.4 Å². The van der Waals surface area contributed by atoms with E-state index < -0.39 is 0 Å². The second kappa shape index (κ2) is 8.55. The molecule has 1 aromatic carbocycles. The third kappa shape index (κ3) is 4.82. The van der Waals surface area contributed by atoms with Crippen LogP contribution in [0.15, 0.2) is 24.3 Å². The number of aryl methyl sites for hydroxylation is 1. The second-order valence-corrected chi connectivity index (χ2v) is 6.44. The number of rotatable bonds is 7. The molecule has 2 heteroatoms. The minimum Gasteiger partial charge on any atom is -0.309 e. The van der Waals surface area contributed by atoms with Gasteiger partial charge in [-0.3, -0.25) is 4.90 Å². The van der Waals surface area contributed by atoms with E-state index in [4.69, 9.17) is 0 Å². The maximum atomic E-state index is 3.75. The lowest BCUT2D eigenvalue weighted by molar-refractivity contribution is 0.144. The van der Waals surface area contributed by atoms with Crippen LogP contribution in [0.2, 0.25) is 0 Å². The van der Waals surface area contributed by atoms with E-state index in [9.17, 15) is 0 Å². The van der Waals surface area contributed by atoms with Crippen LogP contribution in [0.3, 0.4) is 0 Å². The molecule has 118 valence electrons. The average molecular weight is 288 g/mol. The van der Waals surface area contributed by atoms with Crippen molar-refractivity contribution in [2.45, 2.75) is 65.0 Å². The molecule has 1 aromatic rings. The van der Waals surface area contributed by atoms with Crippen LogP contribution >= 0.6 is 0 Å². The fraction of sp³-hybridized carbons (Fsp3) is 0.684. The van der Waals surface area contributed by atoms with E-state index in [1.807, 2.05) is 0 Å². The van der Waals surface area contributed by atoms with Gasteiger partial charge < -0.3 is 5.32 Å². The first-order chi connectivity index (χ1) is 10.2. The molecule has 1 saturated heterocycles. The van der Waals surface area contributed by atoms with Crippen LogP contribution in [0, 0.1) is 0 Å². The Bertz CT molecular complexity index is 399. The van der Waals surface area contributed by atoms with Crippen LogP contribution < -0.4 is 5.32 Å². The highest BCUT2D eigenvalue weighted by Crippen LogP contribution is 2.22. The molecule has 1 aliphatic heterocycles. The van der Waals surface area contributed by atoms with Crippen LogP contribution in [0.4, 0.5) is 0 Å². The van der Waals surface area contributed by atoms with Crippen molar-refractivity contribution < 1.29 is 0 Å². The van der Waals surface area contributed by atoms with Gasteiger partial charge in [0.25, 0.3) is 0 Å². The third-order valence-corrected chi connectivity index (χ3v) is 4.79. The molecule has 1 fully saturated rings. The van der Waals surface area contributed by atoms with Gasteiger partial charge in [0.05, 0.1) is 0 Å². The molecular weight excluding hydrogens is 256 g/mol. The van der Waals surface area contributed by atoms with Crippen molar-refractivity contribution >= 4 is 0 Å². The number of nitrogens with zero attached hydrogens (tertiary/aromatic N) is 1. The van der Waals surface area contributed by atoms with Crippen LogP contribution in [0.1, 0.15) is 63.6 Å². The summed E-state index contributed by atoms with van der Waals surface area (Å²) in [4.78, 5) is 2.67. The molecule has 0 aromatic heterocycles. The lowest BCUT2D eigenvalue weighted by Crippen LogP contribution is -2.43. The predicted molar refractivity (Wildman–Crippen MR) is 91.7 cm³/mol. The van der Waals surface area contributed by atoms with Crippen molar-refractivity contribution in [3.8, 4) is 0 Å². The average Bonchev–Trinajstić information content (AvgIpc) is 2.53. The fourth-order valence-corrected chi connectivity index (χ4v) is 3.26. The van der Waals surface area contributed by atoms with Crippen molar-refractivity contribution in [3.05, 3.63) is 35.4 Å². The van der Waals surface area contributed by atoms with E-state index in [0.717, 1.165) is 25.6 Å². The standard InChI is InChI=1S/C19H32N2/c1-4-13-20-19(15-21-14-7-6-8-16(21)3)18-11-9-17(5-2)10-12-18/h9-12,16,19-20H,4-8,13-15H2,1-3H3. The SMILES string of the molecule is CCCNC(CN1CCCCC1C)c1ccc(CC)cc1. The van der Waals surface area contributed by atoms with Crippen molar-refractivity contribution in [1.82, 2.24) is 10.2 Å². The lowest BCUT2D eigenvalue weighted by Gasteiger charge is -2.36. The molecular formula is C19H32N2. The Morgan fingerprint density at radius 3 is 2.57 bits per heavy atom. The summed E-state index contributed by atoms with van der Waals surface area (Å²) in [5.74, 6) is 0. The normalized spacial score (nSPS) is 21.4. The highest BCUT2D eigenvalue weighted by Gasteiger charge is 2.22. The number of likely N-dealkylation sites (tertiary alicyclic amines) is 1. The highest BCUT2D eigenvalue weighted by molar-refractivity contribution is 5.25. The molecule has 1 N–H and O–H groups in total. The van der Waals surface area contributed by atoms with Gasteiger partial charge in [0.1, 0.15) is 0 Å². The van der Waals surface area contributed by atoms with Crippen molar-refractivity contribution in [1.29, 1.82) is 0 Å². The Labute approximate surface area is 130 Å². The first-order valence-electron chi connectivity index (χ1n) is 8.80. The Balaban J connectivity index is 2.05. The third-order valence-electron chi connectivity index (χ3n) is 4.79. The van der Waals surface area contributed by atoms with E-state index in [-0.39, 0.29) is 0 Å². The van der Waals surface area contributed by atoms with E-state index in [0.29, 0.717) is 6.04 Å². The number of hydrogen-bond acceptors (Lipinski definition) is 2. The Morgan fingerprint density at radius 2 is 1.95 bits per heavy atom. The molecule has 0 radical (unpaired) electrons. The summed E-state index contributed by atoms with van der Waals surface area (Å²) < 4.78 is 0. The molecule has 21 heavy (non-hydrogen) atoms. The van der Waals surface area contributed by atoms with E-state index in [2.05, 4.69) is 55.3 Å². The molecule has 2 rings (SSSR count). The van der Waals surface area contributed by atoms with Gasteiger partial charge in [-0.15, -0.1) is 0 Å². The zero-order chi connectivity index (χ0) is 15.1. The Kier molecular flexibility index (Phi) is 6.72. The molecule has 0 aliphatic carbocycles. The Morgan fingerprint density at radius 1 is 1.19 bits per heavy atom. The summed E-state index contributed by atoms with van der Waals surface area (Å²) >= 11 is 0. The molecule has 0 amide bonds. The van der Waals surface area contributed by atoms with Gasteiger partial charge >= 0.3 is 0 Å². The summed E-state index contributed by atoms with van der Waals surface area (Å²) in [7, 11) is 0. The topological polar surface area (TPSA) is 15.3 Å². The molecule has 2 unspecified atom stereocenters. The number of hydrogen-bond donors (Lipinski definition) is 1. The quantitative estimate of drug-likeness (QED) is 0.810. The molecule has 2 atom stereocenters. The minimum absolute atomic E-state index is 0.469. The number of benzene rings is 1. The first-order valence-corrected chi connectivity index (χ1v) is 8.80. The van der Waals surface area contributed by atoms with Gasteiger partial charge in [0.2, 0.25) is 0 Å². The predicted octanol–water partition coefficient (Wildman–Crippen LogP) is 4.16. The van der Waals surface area contributed by atoms with Crippen molar-refractivity contribution in [3.63, 3.8) is 0 Å². The van der Waals surface area contributed by atoms with Gasteiger partial charge in [-0.05, 0) is 56.8 Å². The smallest absolute Gasteiger partial charge is 0.0449 e. The molecule has 2 nitrogen and oxygen atoms in total. The van der Waals surface area contributed by atoms with Gasteiger partial charge in [0.15, 0.2) is 0 Å². The summed E-state index contributed by atoms with van der Waals surface area (Å²) in [5, 5.41) is 3.75. The van der Waals surface area contributed by atoms with Crippen LogP contribution in [0.5, 0.6) is 0 Å². The summed E-state index contributed by atoms with van der Waals surface area (Å²) in [6.07, 6.45) is 6.43. The van der Waals surface area contributed by atoms with Crippen molar-refractivity contribution in [2.24, 2.45) is 0 Å². The van der Waals surface area contributed by atoms with E-state index >= 15 is 0 Å². The minimum atomic E-state index is 0.469. The van der Waals surface area contributed by atoms with Gasteiger partial charge in [-0.25, -0.2) is 0 Å². The summed E-state index contributed by atoms with van der Waals surface area (Å²) in [6, 6.07) is 10.4. The van der Waals surface area contributed by atoms with Gasteiger partial charge in [-0.2, -0.15) is 0 Å². The van der Waals surface area contributed by atoms with Crippen LogP contribution in [-0.4, -0.2) is 30.6 Å². The maximum absolute atomic E-state index is 3.75. The molecule has 1 heterocycles. The van der Waals surface area contributed by atoms with Crippen molar-refractivity contribution in [2.75, 3.05) is 19.6 Å². The lowest BCUT2D eigenvalue weighted by atomic mass is 9.99. The fourth-order valence-electron chi connectivity index (χ4n) is 3.26. The second-order valence-electron chi connectivity index (χ2n) is 6.44. The van der Waals surface area contributed by atoms with Crippen LogP contribution in [0.25, 0.3) is 0 Å². The number of nitrogens with one attached hydrogen (secondary N) is 1. The van der Waals surface area contributed by atoms with Gasteiger partial charge in [0, 0.05) is 18.6 Å². The zero-order valence-electron chi connectivity index (χ0n) is 14.1. The van der Waals surface area contributed by atoms with E-state index in [1.54, 1.807) is 0 Å². The largest absolute Gasteiger partial charge is 0.309 e. The molecule has 0 bridgehead atoms. The first kappa shape index (κ1) is 16.5. The Hall–Kier alpha value is -0.860. The zero-order valence-corrected chi connectivity index (χ0v) is 14.1. The van der Waals surface area contributed by atoms with Crippen LogP contribution in [-0.2, 0) is 6.42 Å². The van der Waals surface area contributed by atoms with Gasteiger partial charge in [-0.1, -0.05) is 44.5 Å². The summed E-state index contributed by atoms with van der Waals surface area (Å²) in [5.41, 5.74) is 2.87. The maximum Gasteiger partial charge on any atom is 0.0449 e. The molecule has 0 saturated carbocycles. The summed E-state index contributed by atoms with van der Waals surface area (Å²) in [6.45, 7) is 10.4. The monoisotopic (exact) mass is 288 g/mol.